The van der Waals surface area contributed by atoms with Crippen LogP contribution in [0.3, 0.4) is 0 Å². The van der Waals surface area contributed by atoms with Crippen LogP contribution in [0, 0.1) is 11.8 Å². The Hall–Kier alpha value is -2.26. The van der Waals surface area contributed by atoms with E-state index in [1.165, 1.54) is 11.3 Å². The molecule has 2 aromatic heterocycles. The molecule has 0 aliphatic carbocycles. The summed E-state index contributed by atoms with van der Waals surface area (Å²) in [5.74, 6) is 5.86. The standard InChI is InChI=1S/C26H22Cl3N2OS/c1-2-3-16-32-23(24-12-13-25(29)33-24)17-30-14-15-31(18-30)26(19-4-8-21(27)9-5-19)20-6-10-22(28)11-7-20/h4-15,18,23,26H,16-17H2,1H3/q+1. The first-order valence-corrected chi connectivity index (χ1v) is 12.3. The lowest BCUT2D eigenvalue weighted by Crippen LogP contribution is -2.35. The fraction of sp³-hybridized carbons (Fsp3) is 0.192. The number of rotatable bonds is 8. The average Bonchev–Trinajstić information content (AvgIpc) is 3.45. The molecule has 168 valence electrons. The smallest absolute Gasteiger partial charge is 0.244 e. The minimum Gasteiger partial charge on any atom is -0.356 e. The third-order valence-electron chi connectivity index (χ3n) is 5.20. The van der Waals surface area contributed by atoms with Gasteiger partial charge in [0.05, 0.1) is 4.34 Å². The zero-order valence-corrected chi connectivity index (χ0v) is 21.0. The van der Waals surface area contributed by atoms with Gasteiger partial charge in [-0.2, -0.15) is 0 Å². The largest absolute Gasteiger partial charge is 0.356 e. The average molecular weight is 517 g/mol. The third kappa shape index (κ3) is 6.20. The number of aromatic nitrogens is 2. The second kappa shape index (κ2) is 11.2. The van der Waals surface area contributed by atoms with Crippen molar-refractivity contribution in [3.63, 3.8) is 0 Å². The summed E-state index contributed by atoms with van der Waals surface area (Å²) in [5.41, 5.74) is 2.25. The topological polar surface area (TPSA) is 18.0 Å². The number of benzene rings is 2. The number of hydrogen-bond acceptors (Lipinski definition) is 2. The van der Waals surface area contributed by atoms with Crippen molar-refractivity contribution in [1.29, 1.82) is 0 Å². The summed E-state index contributed by atoms with van der Waals surface area (Å²) in [6, 6.07) is 19.7. The Balaban J connectivity index is 1.64. The van der Waals surface area contributed by atoms with Crippen molar-refractivity contribution in [2.75, 3.05) is 6.61 Å². The summed E-state index contributed by atoms with van der Waals surface area (Å²) in [4.78, 5) is 1.07. The zero-order chi connectivity index (χ0) is 23.2. The highest BCUT2D eigenvalue weighted by Gasteiger charge is 2.24. The molecule has 0 aliphatic heterocycles. The Labute approximate surface area is 213 Å². The van der Waals surface area contributed by atoms with Crippen molar-refractivity contribution in [3.8, 4) is 11.8 Å². The molecule has 0 saturated carbocycles. The van der Waals surface area contributed by atoms with Crippen LogP contribution in [0.1, 0.15) is 35.1 Å². The van der Waals surface area contributed by atoms with Gasteiger partial charge in [0.15, 0.2) is 6.04 Å². The van der Waals surface area contributed by atoms with Crippen LogP contribution in [-0.2, 0) is 11.3 Å². The maximum Gasteiger partial charge on any atom is 0.244 e. The second-order valence-electron chi connectivity index (χ2n) is 7.43. The summed E-state index contributed by atoms with van der Waals surface area (Å²) in [5, 5.41) is 1.42. The highest BCUT2D eigenvalue weighted by molar-refractivity contribution is 7.16. The number of nitrogens with zero attached hydrogens (tertiary/aromatic N) is 2. The molecule has 0 saturated heterocycles. The van der Waals surface area contributed by atoms with Gasteiger partial charge < -0.3 is 4.74 Å². The van der Waals surface area contributed by atoms with Gasteiger partial charge in [-0.15, -0.1) is 17.3 Å². The van der Waals surface area contributed by atoms with Gasteiger partial charge in [0.25, 0.3) is 0 Å². The van der Waals surface area contributed by atoms with Crippen LogP contribution >= 0.6 is 46.1 Å². The van der Waals surface area contributed by atoms with E-state index in [0.29, 0.717) is 23.2 Å². The van der Waals surface area contributed by atoms with Crippen LogP contribution < -0.4 is 4.57 Å². The highest BCUT2D eigenvalue weighted by Crippen LogP contribution is 2.30. The van der Waals surface area contributed by atoms with E-state index in [4.69, 9.17) is 39.5 Å². The normalized spacial score (nSPS) is 11.9. The Kier molecular flexibility index (Phi) is 8.14. The Morgan fingerprint density at radius 2 is 1.58 bits per heavy atom. The van der Waals surface area contributed by atoms with Crippen LogP contribution in [0.5, 0.6) is 0 Å². The number of hydrogen-bond donors (Lipinski definition) is 0. The predicted molar refractivity (Wildman–Crippen MR) is 136 cm³/mol. The van der Waals surface area contributed by atoms with Gasteiger partial charge >= 0.3 is 0 Å². The Morgan fingerprint density at radius 3 is 2.12 bits per heavy atom. The highest BCUT2D eigenvalue weighted by atomic mass is 35.5. The quantitative estimate of drug-likeness (QED) is 0.179. The van der Waals surface area contributed by atoms with Crippen molar-refractivity contribution < 1.29 is 9.30 Å². The van der Waals surface area contributed by atoms with E-state index in [2.05, 4.69) is 64.0 Å². The SMILES string of the molecule is CC#CCOC(C[n+]1ccn(C(c2ccc(Cl)cc2)c2ccc(Cl)cc2)c1)c1ccc(Cl)s1. The first-order chi connectivity index (χ1) is 16.0. The van der Waals surface area contributed by atoms with Crippen molar-refractivity contribution in [2.45, 2.75) is 25.6 Å². The van der Waals surface area contributed by atoms with Gasteiger partial charge in [-0.25, -0.2) is 9.13 Å². The van der Waals surface area contributed by atoms with Gasteiger partial charge in [0.2, 0.25) is 6.33 Å². The first-order valence-electron chi connectivity index (χ1n) is 10.4. The van der Waals surface area contributed by atoms with E-state index >= 15 is 0 Å². The van der Waals surface area contributed by atoms with E-state index in [9.17, 15) is 0 Å². The molecule has 4 rings (SSSR count). The maximum atomic E-state index is 6.18. The van der Waals surface area contributed by atoms with Crippen LogP contribution in [0.2, 0.25) is 14.4 Å². The minimum atomic E-state index is -0.145. The molecule has 2 aromatic carbocycles. The van der Waals surface area contributed by atoms with Gasteiger partial charge in [-0.1, -0.05) is 65.0 Å². The lowest BCUT2D eigenvalue weighted by molar-refractivity contribution is -0.704. The van der Waals surface area contributed by atoms with Gasteiger partial charge in [-0.3, -0.25) is 0 Å². The maximum absolute atomic E-state index is 6.18. The summed E-state index contributed by atoms with van der Waals surface area (Å²) in [6.45, 7) is 2.82. The molecule has 0 amide bonds. The van der Waals surface area contributed by atoms with E-state index in [-0.39, 0.29) is 12.1 Å². The molecule has 0 radical (unpaired) electrons. The molecule has 0 aliphatic rings. The molecule has 0 fully saturated rings. The predicted octanol–water partition coefficient (Wildman–Crippen LogP) is 7.22. The van der Waals surface area contributed by atoms with Crippen LogP contribution in [-0.4, -0.2) is 11.2 Å². The number of thiophene rings is 1. The summed E-state index contributed by atoms with van der Waals surface area (Å²) in [7, 11) is 0. The van der Waals surface area contributed by atoms with Crippen LogP contribution in [0.25, 0.3) is 0 Å². The molecule has 7 heteroatoms. The van der Waals surface area contributed by atoms with Crippen molar-refractivity contribution in [1.82, 2.24) is 4.57 Å². The molecule has 33 heavy (non-hydrogen) atoms. The monoisotopic (exact) mass is 515 g/mol. The fourth-order valence-corrected chi connectivity index (χ4v) is 4.98. The van der Waals surface area contributed by atoms with Crippen molar-refractivity contribution in [2.24, 2.45) is 0 Å². The molecule has 3 nitrogen and oxygen atoms in total. The summed E-state index contributed by atoms with van der Waals surface area (Å²) < 4.78 is 11.1. The molecule has 0 spiro atoms. The van der Waals surface area contributed by atoms with Gasteiger partial charge in [0, 0.05) is 26.0 Å². The van der Waals surface area contributed by atoms with E-state index in [0.717, 1.165) is 20.3 Å². The van der Waals surface area contributed by atoms with E-state index in [1.54, 1.807) is 0 Å². The number of halogens is 3. The van der Waals surface area contributed by atoms with Crippen molar-refractivity contribution in [3.05, 3.63) is 110 Å². The zero-order valence-electron chi connectivity index (χ0n) is 17.9. The Morgan fingerprint density at radius 1 is 0.939 bits per heavy atom. The molecule has 1 unspecified atom stereocenters. The molecule has 2 heterocycles. The molecule has 0 N–H and O–H groups in total. The lowest BCUT2D eigenvalue weighted by Gasteiger charge is -2.16. The van der Waals surface area contributed by atoms with Crippen LogP contribution in [0.15, 0.2) is 79.4 Å². The minimum absolute atomic E-state index is 0.0257. The molecular formula is C26H22Cl3N2OS+. The summed E-state index contributed by atoms with van der Waals surface area (Å²) in [6.07, 6.45) is 6.06. The lowest BCUT2D eigenvalue weighted by atomic mass is 9.98. The van der Waals surface area contributed by atoms with Crippen molar-refractivity contribution >= 4 is 46.1 Å². The molecule has 4 aromatic rings. The number of ether oxygens (including phenoxy) is 1. The summed E-state index contributed by atoms with van der Waals surface area (Å²) >= 11 is 20.0. The second-order valence-corrected chi connectivity index (χ2v) is 10.1. The Bertz CT molecular complexity index is 1210. The molecule has 0 bridgehead atoms. The first kappa shape index (κ1) is 23.9. The molecule has 1 atom stereocenters. The fourth-order valence-electron chi connectivity index (χ4n) is 3.63. The van der Waals surface area contributed by atoms with E-state index < -0.39 is 0 Å². The van der Waals surface area contributed by atoms with Gasteiger partial charge in [-0.05, 0) is 43.3 Å². The van der Waals surface area contributed by atoms with Crippen LogP contribution in [0.4, 0.5) is 0 Å². The van der Waals surface area contributed by atoms with Gasteiger partial charge in [0.1, 0.15) is 31.6 Å². The van der Waals surface area contributed by atoms with E-state index in [1.807, 2.05) is 43.3 Å². The molecular weight excluding hydrogens is 495 g/mol. The number of imidazole rings is 1. The third-order valence-corrected chi connectivity index (χ3v) is 7.03.